The summed E-state index contributed by atoms with van der Waals surface area (Å²) < 4.78 is 0. The van der Waals surface area contributed by atoms with Crippen LogP contribution >= 0.6 is 23.4 Å². The Labute approximate surface area is 148 Å². The van der Waals surface area contributed by atoms with E-state index in [1.807, 2.05) is 13.8 Å². The highest BCUT2D eigenvalue weighted by Gasteiger charge is 2.20. The summed E-state index contributed by atoms with van der Waals surface area (Å²) in [5.41, 5.74) is -0.163. The maximum absolute atomic E-state index is 11.9. The number of aliphatic carboxylic acids is 1. The third-order valence-corrected chi connectivity index (χ3v) is 4.43. The molecule has 1 aromatic carbocycles. The lowest BCUT2D eigenvalue weighted by atomic mass is 9.97. The van der Waals surface area contributed by atoms with Crippen molar-refractivity contribution < 1.29 is 19.6 Å². The normalized spacial score (nSPS) is 12.0. The van der Waals surface area contributed by atoms with Crippen LogP contribution in [-0.4, -0.2) is 34.2 Å². The van der Waals surface area contributed by atoms with Gasteiger partial charge in [-0.2, -0.15) is 0 Å². The minimum atomic E-state index is -0.954. The summed E-state index contributed by atoms with van der Waals surface area (Å²) in [7, 11) is 0. The molecule has 0 heterocycles. The van der Waals surface area contributed by atoms with Crippen molar-refractivity contribution in [2.75, 3.05) is 12.3 Å². The van der Waals surface area contributed by atoms with E-state index in [-0.39, 0.29) is 34.8 Å². The maximum atomic E-state index is 11.9. The van der Waals surface area contributed by atoms with Crippen LogP contribution in [0.15, 0.2) is 23.1 Å². The third-order valence-electron chi connectivity index (χ3n) is 3.13. The number of carboxylic acid groups (broad SMARTS) is 1. The van der Waals surface area contributed by atoms with Gasteiger partial charge in [0.1, 0.15) is 0 Å². The Hall–Kier alpha value is -1.80. The number of benzene rings is 1. The highest BCUT2D eigenvalue weighted by Crippen LogP contribution is 2.31. The van der Waals surface area contributed by atoms with Crippen molar-refractivity contribution >= 4 is 40.9 Å². The number of halogens is 1. The molecule has 0 aromatic heterocycles. The number of nitro groups is 1. The van der Waals surface area contributed by atoms with Gasteiger partial charge in [-0.3, -0.25) is 19.7 Å². The number of nitro benzene ring substituents is 1. The number of nitrogens with zero attached hydrogens (tertiary/aromatic N) is 1. The summed E-state index contributed by atoms with van der Waals surface area (Å²) in [6.45, 7) is 3.86. The van der Waals surface area contributed by atoms with Gasteiger partial charge in [0, 0.05) is 17.6 Å². The monoisotopic (exact) mass is 374 g/mol. The number of rotatable bonds is 9. The van der Waals surface area contributed by atoms with Crippen molar-refractivity contribution in [2.45, 2.75) is 25.2 Å². The van der Waals surface area contributed by atoms with Gasteiger partial charge in [0.15, 0.2) is 0 Å². The van der Waals surface area contributed by atoms with Crippen LogP contribution in [0.2, 0.25) is 5.02 Å². The molecule has 0 fully saturated rings. The van der Waals surface area contributed by atoms with Crippen molar-refractivity contribution in [3.05, 3.63) is 33.3 Å². The highest BCUT2D eigenvalue weighted by molar-refractivity contribution is 8.00. The van der Waals surface area contributed by atoms with E-state index in [4.69, 9.17) is 16.7 Å². The number of carbonyl (C=O) groups is 2. The highest BCUT2D eigenvalue weighted by atomic mass is 35.5. The minimum absolute atomic E-state index is 0.0373. The Morgan fingerprint density at radius 2 is 2.08 bits per heavy atom. The number of amides is 1. The number of carbonyl (C=O) groups excluding carboxylic acids is 1. The molecule has 2 N–H and O–H groups in total. The molecular weight excluding hydrogens is 356 g/mol. The zero-order valence-corrected chi connectivity index (χ0v) is 14.9. The number of carboxylic acids is 1. The summed E-state index contributed by atoms with van der Waals surface area (Å²) in [4.78, 5) is 33.7. The van der Waals surface area contributed by atoms with Gasteiger partial charge in [-0.25, -0.2) is 0 Å². The molecule has 0 radical (unpaired) electrons. The summed E-state index contributed by atoms with van der Waals surface area (Å²) in [6.07, 6.45) is 0.464. The average molecular weight is 375 g/mol. The quantitative estimate of drug-likeness (QED) is 0.390. The SMILES string of the molecule is CC(C)CC(CNC(=O)CSc1ccc(Cl)cc1[N+](=O)[O-])C(=O)O. The molecule has 1 rings (SSSR count). The number of nitrogens with one attached hydrogen (secondary N) is 1. The lowest BCUT2D eigenvalue weighted by molar-refractivity contribution is -0.387. The smallest absolute Gasteiger partial charge is 0.308 e. The van der Waals surface area contributed by atoms with Crippen molar-refractivity contribution in [3.63, 3.8) is 0 Å². The van der Waals surface area contributed by atoms with Crippen LogP contribution in [0.1, 0.15) is 20.3 Å². The number of hydrogen-bond acceptors (Lipinski definition) is 5. The molecule has 24 heavy (non-hydrogen) atoms. The Balaban J connectivity index is 2.58. The fraction of sp³-hybridized carbons (Fsp3) is 0.467. The van der Waals surface area contributed by atoms with Gasteiger partial charge in [-0.15, -0.1) is 11.8 Å². The molecule has 0 saturated carbocycles. The molecule has 0 spiro atoms. The van der Waals surface area contributed by atoms with Crippen LogP contribution in [0.25, 0.3) is 0 Å². The lowest BCUT2D eigenvalue weighted by Gasteiger charge is -2.15. The van der Waals surface area contributed by atoms with Crippen LogP contribution in [0, 0.1) is 22.0 Å². The van der Waals surface area contributed by atoms with Crippen LogP contribution in [-0.2, 0) is 9.59 Å². The Morgan fingerprint density at radius 1 is 1.42 bits per heavy atom. The number of hydrogen-bond donors (Lipinski definition) is 2. The summed E-state index contributed by atoms with van der Waals surface area (Å²) >= 11 is 6.74. The maximum Gasteiger partial charge on any atom is 0.308 e. The molecule has 132 valence electrons. The van der Waals surface area contributed by atoms with Gasteiger partial charge in [0.25, 0.3) is 5.69 Å². The molecule has 0 bridgehead atoms. The average Bonchev–Trinajstić information content (AvgIpc) is 2.49. The van der Waals surface area contributed by atoms with E-state index in [0.29, 0.717) is 11.3 Å². The van der Waals surface area contributed by atoms with Crippen molar-refractivity contribution in [1.82, 2.24) is 5.32 Å². The predicted octanol–water partition coefficient (Wildman–Crippen LogP) is 3.20. The zero-order chi connectivity index (χ0) is 18.3. The van der Waals surface area contributed by atoms with E-state index in [1.165, 1.54) is 18.2 Å². The molecule has 1 unspecified atom stereocenters. The van der Waals surface area contributed by atoms with E-state index in [1.54, 1.807) is 0 Å². The Bertz CT molecular complexity index is 624. The standard InChI is InChI=1S/C15H19ClN2O5S/c1-9(2)5-10(15(20)21)7-17-14(19)8-24-13-4-3-11(16)6-12(13)18(22)23/h3-4,6,9-10H,5,7-8H2,1-2H3,(H,17,19)(H,20,21). The Kier molecular flexibility index (Phi) is 8.00. The second-order valence-electron chi connectivity index (χ2n) is 5.63. The van der Waals surface area contributed by atoms with E-state index in [9.17, 15) is 19.7 Å². The Morgan fingerprint density at radius 3 is 2.62 bits per heavy atom. The first-order valence-electron chi connectivity index (χ1n) is 7.27. The molecule has 0 aliphatic heterocycles. The summed E-state index contributed by atoms with van der Waals surface area (Å²) in [5.74, 6) is -1.82. The van der Waals surface area contributed by atoms with E-state index >= 15 is 0 Å². The molecule has 1 aromatic rings. The third kappa shape index (κ3) is 6.76. The van der Waals surface area contributed by atoms with Gasteiger partial charge in [0.05, 0.1) is 21.5 Å². The molecule has 0 aliphatic carbocycles. The lowest BCUT2D eigenvalue weighted by Crippen LogP contribution is -2.34. The molecular formula is C15H19ClN2O5S. The minimum Gasteiger partial charge on any atom is -0.481 e. The van der Waals surface area contributed by atoms with Crippen molar-refractivity contribution in [2.24, 2.45) is 11.8 Å². The summed E-state index contributed by atoms with van der Waals surface area (Å²) in [6, 6.07) is 4.22. The first-order chi connectivity index (χ1) is 11.2. The largest absolute Gasteiger partial charge is 0.481 e. The van der Waals surface area contributed by atoms with Crippen LogP contribution in [0.3, 0.4) is 0 Å². The first-order valence-corrected chi connectivity index (χ1v) is 8.63. The van der Waals surface area contributed by atoms with Crippen LogP contribution in [0.4, 0.5) is 5.69 Å². The second-order valence-corrected chi connectivity index (χ2v) is 7.08. The molecule has 9 heteroatoms. The van der Waals surface area contributed by atoms with Gasteiger partial charge < -0.3 is 10.4 Å². The van der Waals surface area contributed by atoms with E-state index < -0.39 is 16.8 Å². The summed E-state index contributed by atoms with van der Waals surface area (Å²) in [5, 5.41) is 22.9. The second kappa shape index (κ2) is 9.48. The predicted molar refractivity (Wildman–Crippen MR) is 92.4 cm³/mol. The van der Waals surface area contributed by atoms with E-state index in [2.05, 4.69) is 5.32 Å². The molecule has 0 saturated heterocycles. The topological polar surface area (TPSA) is 110 Å². The molecule has 0 aliphatic rings. The fourth-order valence-electron chi connectivity index (χ4n) is 2.03. The van der Waals surface area contributed by atoms with Crippen molar-refractivity contribution in [3.8, 4) is 0 Å². The molecule has 7 nitrogen and oxygen atoms in total. The van der Waals surface area contributed by atoms with Gasteiger partial charge >= 0.3 is 5.97 Å². The zero-order valence-electron chi connectivity index (χ0n) is 13.3. The number of thioether (sulfide) groups is 1. The van der Waals surface area contributed by atoms with Gasteiger partial charge in [-0.1, -0.05) is 25.4 Å². The molecule has 1 atom stereocenters. The van der Waals surface area contributed by atoms with Crippen LogP contribution < -0.4 is 5.32 Å². The van der Waals surface area contributed by atoms with E-state index in [0.717, 1.165) is 11.8 Å². The van der Waals surface area contributed by atoms with Gasteiger partial charge in [-0.05, 0) is 24.5 Å². The van der Waals surface area contributed by atoms with Gasteiger partial charge in [0.2, 0.25) is 5.91 Å². The van der Waals surface area contributed by atoms with Crippen LogP contribution in [0.5, 0.6) is 0 Å². The van der Waals surface area contributed by atoms with Crippen molar-refractivity contribution in [1.29, 1.82) is 0 Å². The first kappa shape index (κ1) is 20.2. The fourth-order valence-corrected chi connectivity index (χ4v) is 3.03. The molecule has 1 amide bonds.